The number of pyridine rings is 1. The Morgan fingerprint density at radius 1 is 1.04 bits per heavy atom. The molecule has 116 valence electrons. The van der Waals surface area contributed by atoms with Gasteiger partial charge in [0.2, 0.25) is 0 Å². The summed E-state index contributed by atoms with van der Waals surface area (Å²) in [7, 11) is 0. The van der Waals surface area contributed by atoms with Gasteiger partial charge in [-0.05, 0) is 36.4 Å². The first-order valence-electron chi connectivity index (χ1n) is 7.09. The number of anilines is 1. The third kappa shape index (κ3) is 4.13. The van der Waals surface area contributed by atoms with Crippen LogP contribution in [-0.4, -0.2) is 21.1 Å². The summed E-state index contributed by atoms with van der Waals surface area (Å²) >= 11 is 0. The summed E-state index contributed by atoms with van der Waals surface area (Å²) in [5.41, 5.74) is 1.04. The molecule has 7 nitrogen and oxygen atoms in total. The molecule has 0 bridgehead atoms. The third-order valence-corrected chi connectivity index (χ3v) is 3.08. The van der Waals surface area contributed by atoms with Crippen LogP contribution < -0.4 is 10.6 Å². The van der Waals surface area contributed by atoms with Gasteiger partial charge >= 0.3 is 0 Å². The van der Waals surface area contributed by atoms with Crippen LogP contribution in [0.2, 0.25) is 0 Å². The lowest BCUT2D eigenvalue weighted by Gasteiger charge is -2.05. The molecule has 3 rings (SSSR count). The van der Waals surface area contributed by atoms with Gasteiger partial charge in [-0.3, -0.25) is 9.78 Å². The number of rotatable bonds is 6. The van der Waals surface area contributed by atoms with Crippen LogP contribution in [0.3, 0.4) is 0 Å². The largest absolute Gasteiger partial charge is 0.467 e. The van der Waals surface area contributed by atoms with Gasteiger partial charge in [-0.25, -0.2) is 0 Å². The molecule has 7 heteroatoms. The molecule has 0 saturated heterocycles. The van der Waals surface area contributed by atoms with E-state index in [4.69, 9.17) is 4.42 Å². The van der Waals surface area contributed by atoms with Gasteiger partial charge in [0.15, 0.2) is 5.69 Å². The Bertz CT molecular complexity index is 742. The smallest absolute Gasteiger partial charge is 0.272 e. The highest BCUT2D eigenvalue weighted by molar-refractivity contribution is 5.92. The highest BCUT2D eigenvalue weighted by Gasteiger charge is 2.08. The van der Waals surface area contributed by atoms with Gasteiger partial charge in [0.05, 0.1) is 25.0 Å². The van der Waals surface area contributed by atoms with Crippen molar-refractivity contribution >= 4 is 11.7 Å². The van der Waals surface area contributed by atoms with Crippen molar-refractivity contribution < 1.29 is 9.21 Å². The minimum atomic E-state index is -0.291. The van der Waals surface area contributed by atoms with Gasteiger partial charge in [-0.2, -0.15) is 0 Å². The number of aromatic nitrogens is 3. The van der Waals surface area contributed by atoms with E-state index in [1.54, 1.807) is 24.6 Å². The average molecular weight is 309 g/mol. The van der Waals surface area contributed by atoms with Crippen LogP contribution in [0.25, 0.3) is 0 Å². The maximum atomic E-state index is 12.0. The lowest BCUT2D eigenvalue weighted by atomic mass is 10.3. The molecule has 1 amide bonds. The van der Waals surface area contributed by atoms with E-state index < -0.39 is 0 Å². The highest BCUT2D eigenvalue weighted by atomic mass is 16.3. The number of nitrogens with one attached hydrogen (secondary N) is 2. The molecule has 0 aliphatic heterocycles. The summed E-state index contributed by atoms with van der Waals surface area (Å²) in [4.78, 5) is 16.1. The van der Waals surface area contributed by atoms with Gasteiger partial charge in [-0.1, -0.05) is 6.07 Å². The summed E-state index contributed by atoms with van der Waals surface area (Å²) in [5, 5.41) is 13.7. The molecule has 3 aromatic rings. The second kappa shape index (κ2) is 7.17. The first-order chi connectivity index (χ1) is 11.3. The minimum absolute atomic E-state index is 0.254. The van der Waals surface area contributed by atoms with E-state index in [-0.39, 0.29) is 11.6 Å². The monoisotopic (exact) mass is 309 g/mol. The highest BCUT2D eigenvalue weighted by Crippen LogP contribution is 2.06. The van der Waals surface area contributed by atoms with Crippen molar-refractivity contribution in [2.75, 3.05) is 5.32 Å². The van der Waals surface area contributed by atoms with Crippen molar-refractivity contribution in [2.24, 2.45) is 0 Å². The average Bonchev–Trinajstić information content (AvgIpc) is 3.13. The maximum absolute atomic E-state index is 12.0. The van der Waals surface area contributed by atoms with Gasteiger partial charge in [0.25, 0.3) is 5.91 Å². The molecule has 2 N–H and O–H groups in total. The summed E-state index contributed by atoms with van der Waals surface area (Å²) in [5.74, 6) is 1.08. The van der Waals surface area contributed by atoms with Crippen LogP contribution in [0.4, 0.5) is 5.82 Å². The van der Waals surface area contributed by atoms with E-state index in [0.717, 1.165) is 11.5 Å². The molecule has 0 aliphatic carbocycles. The van der Waals surface area contributed by atoms with Crippen molar-refractivity contribution in [3.63, 3.8) is 0 Å². The predicted molar refractivity (Wildman–Crippen MR) is 83.5 cm³/mol. The van der Waals surface area contributed by atoms with Gasteiger partial charge < -0.3 is 15.1 Å². The van der Waals surface area contributed by atoms with Crippen LogP contribution in [0.15, 0.2) is 59.3 Å². The minimum Gasteiger partial charge on any atom is -0.467 e. The number of carbonyl (C=O) groups is 1. The zero-order chi connectivity index (χ0) is 15.9. The van der Waals surface area contributed by atoms with Crippen molar-refractivity contribution in [1.29, 1.82) is 0 Å². The molecule has 23 heavy (non-hydrogen) atoms. The summed E-state index contributed by atoms with van der Waals surface area (Å²) in [6, 6.07) is 12.5. The van der Waals surface area contributed by atoms with Crippen LogP contribution in [-0.2, 0) is 13.1 Å². The Balaban J connectivity index is 1.53. The number of hydrogen-bond donors (Lipinski definition) is 2. The topological polar surface area (TPSA) is 92.9 Å². The van der Waals surface area contributed by atoms with Crippen molar-refractivity contribution in [3.8, 4) is 0 Å². The number of carbonyl (C=O) groups excluding carboxylic acids is 1. The summed E-state index contributed by atoms with van der Waals surface area (Å²) in [6.45, 7) is 0.854. The number of amides is 1. The SMILES string of the molecule is O=C(NCc1ccccn1)c1ccc(NCc2ccco2)nn1. The second-order valence-corrected chi connectivity index (χ2v) is 4.74. The summed E-state index contributed by atoms with van der Waals surface area (Å²) < 4.78 is 5.21. The van der Waals surface area contributed by atoms with Crippen molar-refractivity contribution in [2.45, 2.75) is 13.1 Å². The first-order valence-corrected chi connectivity index (χ1v) is 7.09. The molecule has 0 aromatic carbocycles. The van der Waals surface area contributed by atoms with Gasteiger partial charge in [0, 0.05) is 6.20 Å². The van der Waals surface area contributed by atoms with E-state index in [0.29, 0.717) is 18.9 Å². The Morgan fingerprint density at radius 3 is 2.70 bits per heavy atom. The predicted octanol–water partition coefficient (Wildman–Crippen LogP) is 2.01. The van der Waals surface area contributed by atoms with E-state index in [9.17, 15) is 4.79 Å². The van der Waals surface area contributed by atoms with E-state index >= 15 is 0 Å². The lowest BCUT2D eigenvalue weighted by molar-refractivity contribution is 0.0944. The Labute approximate surface area is 132 Å². The zero-order valence-electron chi connectivity index (χ0n) is 12.3. The van der Waals surface area contributed by atoms with Crippen molar-refractivity contribution in [3.05, 3.63) is 72.1 Å². The van der Waals surface area contributed by atoms with E-state index in [1.165, 1.54) is 0 Å². The maximum Gasteiger partial charge on any atom is 0.272 e. The second-order valence-electron chi connectivity index (χ2n) is 4.74. The Kier molecular flexibility index (Phi) is 4.58. The standard InChI is InChI=1S/C16H15N5O2/c22-16(19-10-12-4-1-2-8-17-12)14-6-7-15(21-20-14)18-11-13-5-3-9-23-13/h1-9H,10-11H2,(H,18,21)(H,19,22). The Morgan fingerprint density at radius 2 is 2.00 bits per heavy atom. The fourth-order valence-corrected chi connectivity index (χ4v) is 1.90. The number of furan rings is 1. The third-order valence-electron chi connectivity index (χ3n) is 3.08. The van der Waals surface area contributed by atoms with Crippen LogP contribution in [0, 0.1) is 0 Å². The molecule has 0 fully saturated rings. The summed E-state index contributed by atoms with van der Waals surface area (Å²) in [6.07, 6.45) is 3.29. The molecule has 3 heterocycles. The molecule has 0 radical (unpaired) electrons. The molecule has 0 aliphatic rings. The van der Waals surface area contributed by atoms with Crippen LogP contribution in [0.5, 0.6) is 0 Å². The normalized spacial score (nSPS) is 10.3. The number of nitrogens with zero attached hydrogens (tertiary/aromatic N) is 3. The van der Waals surface area contributed by atoms with Crippen molar-refractivity contribution in [1.82, 2.24) is 20.5 Å². The molecule has 0 spiro atoms. The quantitative estimate of drug-likeness (QED) is 0.723. The number of hydrogen-bond acceptors (Lipinski definition) is 6. The molecular weight excluding hydrogens is 294 g/mol. The molecular formula is C16H15N5O2. The van der Waals surface area contributed by atoms with E-state index in [2.05, 4.69) is 25.8 Å². The van der Waals surface area contributed by atoms with Gasteiger partial charge in [-0.15, -0.1) is 10.2 Å². The molecule has 0 atom stereocenters. The fraction of sp³-hybridized carbons (Fsp3) is 0.125. The zero-order valence-corrected chi connectivity index (χ0v) is 12.3. The molecule has 0 saturated carbocycles. The fourth-order valence-electron chi connectivity index (χ4n) is 1.90. The Hall–Kier alpha value is -3.22. The van der Waals surface area contributed by atoms with Gasteiger partial charge in [0.1, 0.15) is 11.6 Å². The first kappa shape index (κ1) is 14.7. The molecule has 0 unspecified atom stereocenters. The lowest BCUT2D eigenvalue weighted by Crippen LogP contribution is -2.24. The van der Waals surface area contributed by atoms with E-state index in [1.807, 2.05) is 30.3 Å². The molecule has 3 aromatic heterocycles. The van der Waals surface area contributed by atoms with Crippen LogP contribution in [0.1, 0.15) is 21.9 Å². The van der Waals surface area contributed by atoms with Crippen LogP contribution >= 0.6 is 0 Å².